The van der Waals surface area contributed by atoms with Crippen LogP contribution in [0.4, 0.5) is 0 Å². The Morgan fingerprint density at radius 3 is 2.76 bits per heavy atom. The number of hydrogen-bond acceptors (Lipinski definition) is 4. The SMILES string of the molecule is NC(=NO)c1ncccc1CNCCc1ccc(Cl)cc1. The molecule has 5 nitrogen and oxygen atoms in total. The molecule has 1 heterocycles. The fraction of sp³-hybridized carbons (Fsp3) is 0.200. The van der Waals surface area contributed by atoms with Crippen LogP contribution >= 0.6 is 11.6 Å². The Kier molecular flexibility index (Phi) is 5.54. The Balaban J connectivity index is 1.88. The van der Waals surface area contributed by atoms with E-state index >= 15 is 0 Å². The van der Waals surface area contributed by atoms with Gasteiger partial charge >= 0.3 is 0 Å². The lowest BCUT2D eigenvalue weighted by Gasteiger charge is -2.08. The van der Waals surface area contributed by atoms with Crippen molar-refractivity contribution in [2.45, 2.75) is 13.0 Å². The number of nitrogens with one attached hydrogen (secondary N) is 1. The molecule has 0 saturated carbocycles. The highest BCUT2D eigenvalue weighted by Gasteiger charge is 2.07. The molecule has 0 aliphatic heterocycles. The number of rotatable bonds is 6. The lowest BCUT2D eigenvalue weighted by Crippen LogP contribution is -2.22. The summed E-state index contributed by atoms with van der Waals surface area (Å²) in [5, 5.41) is 15.8. The molecule has 2 rings (SSSR count). The molecule has 4 N–H and O–H groups in total. The van der Waals surface area contributed by atoms with Crippen molar-refractivity contribution < 1.29 is 5.21 Å². The van der Waals surface area contributed by atoms with Gasteiger partial charge in [-0.05, 0) is 42.3 Å². The molecule has 110 valence electrons. The smallest absolute Gasteiger partial charge is 0.189 e. The van der Waals surface area contributed by atoms with Gasteiger partial charge < -0.3 is 16.3 Å². The molecule has 0 atom stereocenters. The van der Waals surface area contributed by atoms with Crippen LogP contribution in [0.15, 0.2) is 47.8 Å². The second kappa shape index (κ2) is 7.61. The summed E-state index contributed by atoms with van der Waals surface area (Å²) in [6, 6.07) is 11.5. The molecule has 21 heavy (non-hydrogen) atoms. The van der Waals surface area contributed by atoms with Gasteiger partial charge in [-0.1, -0.05) is 35.0 Å². The lowest BCUT2D eigenvalue weighted by atomic mass is 10.1. The summed E-state index contributed by atoms with van der Waals surface area (Å²) in [4.78, 5) is 4.13. The van der Waals surface area contributed by atoms with E-state index in [4.69, 9.17) is 22.5 Å². The first-order valence-corrected chi connectivity index (χ1v) is 6.95. The third kappa shape index (κ3) is 4.44. The molecule has 0 aliphatic carbocycles. The maximum absolute atomic E-state index is 8.75. The molecule has 0 bridgehead atoms. The van der Waals surface area contributed by atoms with E-state index < -0.39 is 0 Å². The largest absolute Gasteiger partial charge is 0.409 e. The molecule has 1 aromatic heterocycles. The van der Waals surface area contributed by atoms with E-state index in [0.29, 0.717) is 12.2 Å². The van der Waals surface area contributed by atoms with Gasteiger partial charge in [-0.3, -0.25) is 4.98 Å². The zero-order valence-electron chi connectivity index (χ0n) is 11.5. The van der Waals surface area contributed by atoms with Crippen LogP contribution in [0.1, 0.15) is 16.8 Å². The fourth-order valence-electron chi connectivity index (χ4n) is 1.97. The van der Waals surface area contributed by atoms with Crippen molar-refractivity contribution in [3.63, 3.8) is 0 Å². The van der Waals surface area contributed by atoms with Crippen molar-refractivity contribution in [2.75, 3.05) is 6.54 Å². The third-order valence-corrected chi connectivity index (χ3v) is 3.31. The van der Waals surface area contributed by atoms with Crippen molar-refractivity contribution >= 4 is 17.4 Å². The van der Waals surface area contributed by atoms with Crippen molar-refractivity contribution in [3.05, 3.63) is 64.4 Å². The van der Waals surface area contributed by atoms with Crippen molar-refractivity contribution in [3.8, 4) is 0 Å². The minimum absolute atomic E-state index is 0.0186. The zero-order chi connectivity index (χ0) is 15.1. The third-order valence-electron chi connectivity index (χ3n) is 3.06. The predicted molar refractivity (Wildman–Crippen MR) is 83.6 cm³/mol. The van der Waals surface area contributed by atoms with Crippen molar-refractivity contribution in [2.24, 2.45) is 10.9 Å². The van der Waals surface area contributed by atoms with E-state index in [-0.39, 0.29) is 5.84 Å². The highest BCUT2D eigenvalue weighted by atomic mass is 35.5. The minimum Gasteiger partial charge on any atom is -0.409 e. The summed E-state index contributed by atoms with van der Waals surface area (Å²) in [6.45, 7) is 1.42. The first kappa shape index (κ1) is 15.3. The number of hydrogen-bond donors (Lipinski definition) is 3. The van der Waals surface area contributed by atoms with Crippen LogP contribution in [0.2, 0.25) is 5.02 Å². The highest BCUT2D eigenvalue weighted by Crippen LogP contribution is 2.10. The highest BCUT2D eigenvalue weighted by molar-refractivity contribution is 6.30. The van der Waals surface area contributed by atoms with E-state index in [1.807, 2.05) is 36.4 Å². The predicted octanol–water partition coefficient (Wildman–Crippen LogP) is 2.16. The summed E-state index contributed by atoms with van der Waals surface area (Å²) in [5.74, 6) is 0.0186. The van der Waals surface area contributed by atoms with Gasteiger partial charge in [0, 0.05) is 17.8 Å². The maximum Gasteiger partial charge on any atom is 0.189 e. The van der Waals surface area contributed by atoms with Gasteiger partial charge in [0.1, 0.15) is 5.69 Å². The number of nitrogens with zero attached hydrogens (tertiary/aromatic N) is 2. The number of benzene rings is 1. The van der Waals surface area contributed by atoms with Gasteiger partial charge in [-0.25, -0.2) is 0 Å². The molecule has 0 fully saturated rings. The Morgan fingerprint density at radius 1 is 1.29 bits per heavy atom. The number of aromatic nitrogens is 1. The summed E-state index contributed by atoms with van der Waals surface area (Å²) < 4.78 is 0. The molecular formula is C15H17ClN4O. The van der Waals surface area contributed by atoms with Crippen LogP contribution < -0.4 is 11.1 Å². The second-order valence-electron chi connectivity index (χ2n) is 4.55. The molecule has 0 radical (unpaired) electrons. The summed E-state index contributed by atoms with van der Waals surface area (Å²) in [5.41, 5.74) is 8.21. The Morgan fingerprint density at radius 2 is 2.05 bits per heavy atom. The van der Waals surface area contributed by atoms with Crippen LogP contribution in [0.25, 0.3) is 0 Å². The van der Waals surface area contributed by atoms with Crippen molar-refractivity contribution in [1.82, 2.24) is 10.3 Å². The lowest BCUT2D eigenvalue weighted by molar-refractivity contribution is 0.318. The molecule has 0 aliphatic rings. The van der Waals surface area contributed by atoms with Gasteiger partial charge in [-0.2, -0.15) is 0 Å². The summed E-state index contributed by atoms with van der Waals surface area (Å²) in [7, 11) is 0. The molecule has 0 amide bonds. The van der Waals surface area contributed by atoms with Gasteiger partial charge in [0.15, 0.2) is 5.84 Å². The first-order valence-electron chi connectivity index (χ1n) is 6.57. The zero-order valence-corrected chi connectivity index (χ0v) is 12.2. The molecule has 1 aromatic carbocycles. The number of oxime groups is 1. The average molecular weight is 305 g/mol. The molecule has 2 aromatic rings. The van der Waals surface area contributed by atoms with E-state index in [9.17, 15) is 0 Å². The van der Waals surface area contributed by atoms with Gasteiger partial charge in [0.25, 0.3) is 0 Å². The number of amidine groups is 1. The van der Waals surface area contributed by atoms with Crippen LogP contribution in [0, 0.1) is 0 Å². The second-order valence-corrected chi connectivity index (χ2v) is 4.99. The van der Waals surface area contributed by atoms with Gasteiger partial charge in [0.05, 0.1) is 0 Å². The molecule has 6 heteroatoms. The average Bonchev–Trinajstić information content (AvgIpc) is 2.53. The number of halogens is 1. The number of nitrogens with two attached hydrogens (primary N) is 1. The monoisotopic (exact) mass is 304 g/mol. The molecular weight excluding hydrogens is 288 g/mol. The van der Waals surface area contributed by atoms with Gasteiger partial charge in [0.2, 0.25) is 0 Å². The Bertz CT molecular complexity index is 613. The van der Waals surface area contributed by atoms with Crippen molar-refractivity contribution in [1.29, 1.82) is 0 Å². The Labute approximate surface area is 128 Å². The standard InChI is InChI=1S/C15H17ClN4O/c16-13-5-3-11(4-6-13)7-9-18-10-12-2-1-8-19-14(12)15(17)20-21/h1-6,8,18,21H,7,9-10H2,(H2,17,20). The summed E-state index contributed by atoms with van der Waals surface area (Å²) >= 11 is 5.85. The van der Waals surface area contributed by atoms with E-state index in [1.54, 1.807) is 6.20 Å². The van der Waals surface area contributed by atoms with Crippen LogP contribution in [0.5, 0.6) is 0 Å². The quantitative estimate of drug-likeness (QED) is 0.251. The van der Waals surface area contributed by atoms with E-state index in [1.165, 1.54) is 5.56 Å². The molecule has 0 unspecified atom stereocenters. The van der Waals surface area contributed by atoms with Crippen LogP contribution in [0.3, 0.4) is 0 Å². The van der Waals surface area contributed by atoms with Gasteiger partial charge in [-0.15, -0.1) is 0 Å². The van der Waals surface area contributed by atoms with Crippen LogP contribution in [-0.4, -0.2) is 22.6 Å². The Hall–Kier alpha value is -2.11. The molecule has 0 saturated heterocycles. The molecule has 0 spiro atoms. The van der Waals surface area contributed by atoms with E-state index in [2.05, 4.69) is 15.5 Å². The summed E-state index contributed by atoms with van der Waals surface area (Å²) in [6.07, 6.45) is 2.51. The number of pyridine rings is 1. The van der Waals surface area contributed by atoms with E-state index in [0.717, 1.165) is 23.6 Å². The topological polar surface area (TPSA) is 83.5 Å². The normalized spacial score (nSPS) is 11.6. The minimum atomic E-state index is 0.0186. The maximum atomic E-state index is 8.75. The van der Waals surface area contributed by atoms with Crippen LogP contribution in [-0.2, 0) is 13.0 Å². The fourth-order valence-corrected chi connectivity index (χ4v) is 2.09. The first-order chi connectivity index (χ1) is 10.2.